The number of sulfonamides is 1. The zero-order valence-corrected chi connectivity index (χ0v) is 20.8. The van der Waals surface area contributed by atoms with E-state index in [0.29, 0.717) is 5.56 Å². The van der Waals surface area contributed by atoms with Crippen LogP contribution in [0.1, 0.15) is 36.6 Å². The molecule has 0 aliphatic rings. The summed E-state index contributed by atoms with van der Waals surface area (Å²) in [6.45, 7) is 3.08. The molecule has 0 radical (unpaired) electrons. The van der Waals surface area contributed by atoms with Crippen LogP contribution in [0.4, 0.5) is 0 Å². The van der Waals surface area contributed by atoms with Gasteiger partial charge < -0.3 is 10.6 Å². The SMILES string of the molecule is CC(C)C(NS(=O)(=O)c1ccc(C#N)cc1)C(=O)NCC(=O)NC(c1ccccc1)c1ccccc1. The first kappa shape index (κ1) is 26.6. The standard InChI is InChI=1S/C27H28N4O4S/c1-19(2)25(31-36(34,35)23-15-13-20(17-28)14-16-23)27(33)29-18-24(32)30-26(21-9-5-3-6-10-21)22-11-7-4-8-12-22/h3-16,19,25-26,31H,18H2,1-2H3,(H,29,33)(H,30,32). The summed E-state index contributed by atoms with van der Waals surface area (Å²) in [7, 11) is -4.02. The third kappa shape index (κ3) is 7.01. The number of hydrogen-bond donors (Lipinski definition) is 3. The minimum absolute atomic E-state index is 0.0637. The Balaban J connectivity index is 1.67. The van der Waals surface area contributed by atoms with Gasteiger partial charge in [0.25, 0.3) is 0 Å². The minimum Gasteiger partial charge on any atom is -0.346 e. The van der Waals surface area contributed by atoms with Crippen LogP contribution in [0.3, 0.4) is 0 Å². The molecule has 36 heavy (non-hydrogen) atoms. The maximum atomic E-state index is 12.9. The lowest BCUT2D eigenvalue weighted by atomic mass is 9.99. The van der Waals surface area contributed by atoms with E-state index in [2.05, 4.69) is 15.4 Å². The molecule has 0 bridgehead atoms. The van der Waals surface area contributed by atoms with Gasteiger partial charge in [-0.05, 0) is 41.3 Å². The molecule has 3 aromatic rings. The van der Waals surface area contributed by atoms with Crippen LogP contribution >= 0.6 is 0 Å². The van der Waals surface area contributed by atoms with Gasteiger partial charge in [-0.1, -0.05) is 74.5 Å². The average Bonchev–Trinajstić information content (AvgIpc) is 2.90. The van der Waals surface area contributed by atoms with Crippen molar-refractivity contribution in [1.29, 1.82) is 5.26 Å². The lowest BCUT2D eigenvalue weighted by Gasteiger charge is -2.23. The van der Waals surface area contributed by atoms with Gasteiger partial charge in [0.05, 0.1) is 29.1 Å². The van der Waals surface area contributed by atoms with Crippen LogP contribution < -0.4 is 15.4 Å². The van der Waals surface area contributed by atoms with Gasteiger partial charge in [-0.15, -0.1) is 0 Å². The number of rotatable bonds is 10. The van der Waals surface area contributed by atoms with Crippen LogP contribution in [-0.2, 0) is 19.6 Å². The Morgan fingerprint density at radius 2 is 1.39 bits per heavy atom. The molecule has 0 aromatic heterocycles. The van der Waals surface area contributed by atoms with Crippen molar-refractivity contribution in [3.8, 4) is 6.07 Å². The number of hydrogen-bond acceptors (Lipinski definition) is 5. The smallest absolute Gasteiger partial charge is 0.241 e. The number of amides is 2. The van der Waals surface area contributed by atoms with Crippen molar-refractivity contribution < 1.29 is 18.0 Å². The molecular weight excluding hydrogens is 476 g/mol. The summed E-state index contributed by atoms with van der Waals surface area (Å²) < 4.78 is 28.0. The highest BCUT2D eigenvalue weighted by Gasteiger charge is 2.29. The highest BCUT2D eigenvalue weighted by atomic mass is 32.2. The summed E-state index contributed by atoms with van der Waals surface area (Å²) in [6, 6.07) is 24.7. The van der Waals surface area contributed by atoms with E-state index in [1.54, 1.807) is 13.8 Å². The molecule has 0 spiro atoms. The first-order valence-corrected chi connectivity index (χ1v) is 12.9. The van der Waals surface area contributed by atoms with Crippen LogP contribution in [0.5, 0.6) is 0 Å². The molecule has 1 unspecified atom stereocenters. The molecule has 3 aromatic carbocycles. The van der Waals surface area contributed by atoms with Crippen LogP contribution in [0.25, 0.3) is 0 Å². The highest BCUT2D eigenvalue weighted by molar-refractivity contribution is 7.89. The molecule has 3 rings (SSSR count). The van der Waals surface area contributed by atoms with Crippen LogP contribution in [-0.4, -0.2) is 32.8 Å². The molecule has 0 saturated heterocycles. The second-order valence-electron chi connectivity index (χ2n) is 8.52. The largest absolute Gasteiger partial charge is 0.346 e. The molecule has 2 amide bonds. The van der Waals surface area contributed by atoms with E-state index < -0.39 is 33.9 Å². The van der Waals surface area contributed by atoms with Crippen molar-refractivity contribution in [2.24, 2.45) is 5.92 Å². The van der Waals surface area contributed by atoms with Crippen molar-refractivity contribution in [2.45, 2.75) is 30.8 Å². The quantitative estimate of drug-likeness (QED) is 0.391. The zero-order valence-electron chi connectivity index (χ0n) is 20.0. The van der Waals surface area contributed by atoms with Gasteiger partial charge in [0.2, 0.25) is 21.8 Å². The highest BCUT2D eigenvalue weighted by Crippen LogP contribution is 2.21. The van der Waals surface area contributed by atoms with Crippen molar-refractivity contribution in [2.75, 3.05) is 6.54 Å². The topological polar surface area (TPSA) is 128 Å². The Morgan fingerprint density at radius 1 is 0.861 bits per heavy atom. The number of nitriles is 1. The molecule has 0 saturated carbocycles. The monoisotopic (exact) mass is 504 g/mol. The molecule has 1 atom stereocenters. The molecule has 186 valence electrons. The first-order chi connectivity index (χ1) is 17.2. The summed E-state index contributed by atoms with van der Waals surface area (Å²) >= 11 is 0. The molecule has 8 nitrogen and oxygen atoms in total. The molecule has 9 heteroatoms. The first-order valence-electron chi connectivity index (χ1n) is 11.4. The lowest BCUT2D eigenvalue weighted by molar-refractivity contribution is -0.127. The molecule has 0 heterocycles. The van der Waals surface area contributed by atoms with Crippen LogP contribution in [0.15, 0.2) is 89.8 Å². The summed E-state index contributed by atoms with van der Waals surface area (Å²) in [6.07, 6.45) is 0. The van der Waals surface area contributed by atoms with Gasteiger partial charge in [-0.2, -0.15) is 9.98 Å². The maximum Gasteiger partial charge on any atom is 0.241 e. The van der Waals surface area contributed by atoms with Crippen LogP contribution in [0, 0.1) is 17.2 Å². The van der Waals surface area contributed by atoms with E-state index in [1.807, 2.05) is 66.7 Å². The number of nitrogens with one attached hydrogen (secondary N) is 3. The van der Waals surface area contributed by atoms with Gasteiger partial charge >= 0.3 is 0 Å². The fourth-order valence-electron chi connectivity index (χ4n) is 3.58. The summed E-state index contributed by atoms with van der Waals surface area (Å²) in [5, 5.41) is 14.4. The van der Waals surface area contributed by atoms with Crippen molar-refractivity contribution in [3.63, 3.8) is 0 Å². The number of nitrogens with zero attached hydrogens (tertiary/aromatic N) is 1. The predicted molar refractivity (Wildman–Crippen MR) is 136 cm³/mol. The predicted octanol–water partition coefficient (Wildman–Crippen LogP) is 2.88. The molecular formula is C27H28N4O4S. The second-order valence-corrected chi connectivity index (χ2v) is 10.2. The zero-order chi connectivity index (χ0) is 26.1. The van der Waals surface area contributed by atoms with Crippen molar-refractivity contribution in [1.82, 2.24) is 15.4 Å². The Labute approximate surface area is 211 Å². The summed E-state index contributed by atoms with van der Waals surface area (Å²) in [5.74, 6) is -1.42. The van der Waals surface area contributed by atoms with E-state index in [9.17, 15) is 18.0 Å². The van der Waals surface area contributed by atoms with Gasteiger partial charge in [-0.25, -0.2) is 8.42 Å². The van der Waals surface area contributed by atoms with E-state index in [4.69, 9.17) is 5.26 Å². The minimum atomic E-state index is -4.02. The average molecular weight is 505 g/mol. The van der Waals surface area contributed by atoms with E-state index >= 15 is 0 Å². The lowest BCUT2D eigenvalue weighted by Crippen LogP contribution is -2.51. The Bertz CT molecular complexity index is 1280. The maximum absolute atomic E-state index is 12.9. The molecule has 0 fully saturated rings. The third-order valence-electron chi connectivity index (χ3n) is 5.52. The Kier molecular flexibility index (Phi) is 8.95. The Morgan fingerprint density at radius 3 is 1.86 bits per heavy atom. The Hall–Kier alpha value is -4.00. The fourth-order valence-corrected chi connectivity index (χ4v) is 4.92. The summed E-state index contributed by atoms with van der Waals surface area (Å²) in [4.78, 5) is 25.6. The van der Waals surface area contributed by atoms with Gasteiger partial charge in [0.1, 0.15) is 6.04 Å². The van der Waals surface area contributed by atoms with E-state index in [1.165, 1.54) is 24.3 Å². The van der Waals surface area contributed by atoms with Crippen molar-refractivity contribution in [3.05, 3.63) is 102 Å². The molecule has 3 N–H and O–H groups in total. The van der Waals surface area contributed by atoms with E-state index in [-0.39, 0.29) is 17.4 Å². The van der Waals surface area contributed by atoms with Gasteiger partial charge in [-0.3, -0.25) is 9.59 Å². The second kappa shape index (κ2) is 12.1. The van der Waals surface area contributed by atoms with Crippen LogP contribution in [0.2, 0.25) is 0 Å². The molecule has 0 aliphatic carbocycles. The summed E-state index contributed by atoms with van der Waals surface area (Å²) in [5.41, 5.74) is 2.10. The van der Waals surface area contributed by atoms with Crippen molar-refractivity contribution >= 4 is 21.8 Å². The number of carbonyl (C=O) groups excluding carboxylic acids is 2. The number of benzene rings is 3. The third-order valence-corrected chi connectivity index (χ3v) is 6.98. The van der Waals surface area contributed by atoms with Gasteiger partial charge in [0.15, 0.2) is 0 Å². The number of carbonyl (C=O) groups is 2. The fraction of sp³-hybridized carbons (Fsp3) is 0.222. The van der Waals surface area contributed by atoms with Gasteiger partial charge in [0, 0.05) is 0 Å². The van der Waals surface area contributed by atoms with E-state index in [0.717, 1.165) is 11.1 Å². The molecule has 0 aliphatic heterocycles. The normalized spacial score (nSPS) is 12.1.